The summed E-state index contributed by atoms with van der Waals surface area (Å²) >= 11 is 0. The van der Waals surface area contributed by atoms with E-state index < -0.39 is 29.9 Å². The molecule has 0 spiro atoms. The second-order valence-electron chi connectivity index (χ2n) is 6.29. The van der Waals surface area contributed by atoms with Gasteiger partial charge in [0.05, 0.1) is 30.3 Å². The number of hydrogen-bond acceptors (Lipinski definition) is 6. The number of amides is 2. The van der Waals surface area contributed by atoms with Crippen LogP contribution in [0.1, 0.15) is 47.4 Å². The molecular formula is C19H24N2O7. The SMILES string of the molecule is CCOC(=O)c1cc(NC(=O)N2CCCC(C(=O)O)C2)cc(C(=O)OCC)c1. The average Bonchev–Trinajstić information content (AvgIpc) is 2.68. The zero-order valence-electron chi connectivity index (χ0n) is 15.9. The number of nitrogens with zero attached hydrogens (tertiary/aromatic N) is 1. The first-order valence-electron chi connectivity index (χ1n) is 9.13. The molecule has 0 saturated carbocycles. The average molecular weight is 392 g/mol. The smallest absolute Gasteiger partial charge is 0.338 e. The molecule has 2 rings (SSSR count). The molecule has 1 heterocycles. The van der Waals surface area contributed by atoms with Crippen molar-refractivity contribution >= 4 is 29.6 Å². The van der Waals surface area contributed by atoms with Gasteiger partial charge in [-0.25, -0.2) is 14.4 Å². The topological polar surface area (TPSA) is 122 Å². The fourth-order valence-corrected chi connectivity index (χ4v) is 2.93. The van der Waals surface area contributed by atoms with Gasteiger partial charge < -0.3 is 24.8 Å². The number of anilines is 1. The monoisotopic (exact) mass is 392 g/mol. The number of aliphatic carboxylic acids is 1. The molecular weight excluding hydrogens is 368 g/mol. The lowest BCUT2D eigenvalue weighted by Crippen LogP contribution is -2.44. The van der Waals surface area contributed by atoms with Crippen LogP contribution in [0, 0.1) is 5.92 Å². The van der Waals surface area contributed by atoms with E-state index in [0.717, 1.165) is 0 Å². The van der Waals surface area contributed by atoms with Crippen molar-refractivity contribution in [2.75, 3.05) is 31.6 Å². The molecule has 1 fully saturated rings. The number of ether oxygens (including phenoxy) is 2. The molecule has 9 nitrogen and oxygen atoms in total. The number of urea groups is 1. The van der Waals surface area contributed by atoms with Gasteiger partial charge in [-0.2, -0.15) is 0 Å². The largest absolute Gasteiger partial charge is 0.481 e. The van der Waals surface area contributed by atoms with E-state index in [2.05, 4.69) is 5.32 Å². The third-order valence-corrected chi connectivity index (χ3v) is 4.26. The maximum absolute atomic E-state index is 12.5. The quantitative estimate of drug-likeness (QED) is 0.713. The third kappa shape index (κ3) is 5.45. The number of carbonyl (C=O) groups is 4. The number of hydrogen-bond donors (Lipinski definition) is 2. The van der Waals surface area contributed by atoms with Crippen LogP contribution in [0.2, 0.25) is 0 Å². The third-order valence-electron chi connectivity index (χ3n) is 4.26. The molecule has 0 radical (unpaired) electrons. The van der Waals surface area contributed by atoms with E-state index in [0.29, 0.717) is 19.4 Å². The lowest BCUT2D eigenvalue weighted by atomic mass is 9.99. The van der Waals surface area contributed by atoms with Gasteiger partial charge in [-0.1, -0.05) is 0 Å². The van der Waals surface area contributed by atoms with E-state index >= 15 is 0 Å². The van der Waals surface area contributed by atoms with Gasteiger partial charge in [-0.15, -0.1) is 0 Å². The van der Waals surface area contributed by atoms with Crippen molar-refractivity contribution in [3.63, 3.8) is 0 Å². The van der Waals surface area contributed by atoms with E-state index in [1.165, 1.54) is 23.1 Å². The van der Waals surface area contributed by atoms with Gasteiger partial charge >= 0.3 is 23.9 Å². The minimum atomic E-state index is -0.939. The Morgan fingerprint density at radius 2 is 1.64 bits per heavy atom. The van der Waals surface area contributed by atoms with Crippen LogP contribution in [0.3, 0.4) is 0 Å². The highest BCUT2D eigenvalue weighted by molar-refractivity contribution is 5.99. The zero-order valence-corrected chi connectivity index (χ0v) is 15.9. The molecule has 1 aromatic rings. The minimum Gasteiger partial charge on any atom is -0.481 e. The maximum atomic E-state index is 12.5. The Morgan fingerprint density at radius 1 is 1.07 bits per heavy atom. The van der Waals surface area contributed by atoms with Crippen LogP contribution in [0.5, 0.6) is 0 Å². The van der Waals surface area contributed by atoms with E-state index in [1.54, 1.807) is 13.8 Å². The Kier molecular flexibility index (Phi) is 7.36. The summed E-state index contributed by atoms with van der Waals surface area (Å²) in [5, 5.41) is 11.8. The van der Waals surface area contributed by atoms with Crippen LogP contribution in [0.15, 0.2) is 18.2 Å². The van der Waals surface area contributed by atoms with Crippen molar-refractivity contribution in [2.45, 2.75) is 26.7 Å². The molecule has 0 aromatic heterocycles. The van der Waals surface area contributed by atoms with Crippen molar-refractivity contribution in [3.05, 3.63) is 29.3 Å². The summed E-state index contributed by atoms with van der Waals surface area (Å²) in [6.07, 6.45) is 1.10. The molecule has 1 aromatic carbocycles. The number of esters is 2. The Morgan fingerprint density at radius 3 is 2.14 bits per heavy atom. The van der Waals surface area contributed by atoms with Gasteiger partial charge in [0.2, 0.25) is 0 Å². The first-order chi connectivity index (χ1) is 13.3. The van der Waals surface area contributed by atoms with Crippen LogP contribution >= 0.6 is 0 Å². The fraction of sp³-hybridized carbons (Fsp3) is 0.474. The first-order valence-corrected chi connectivity index (χ1v) is 9.13. The number of carboxylic acids is 1. The van der Waals surface area contributed by atoms with Gasteiger partial charge in [0.25, 0.3) is 0 Å². The number of likely N-dealkylation sites (tertiary alicyclic amines) is 1. The van der Waals surface area contributed by atoms with Crippen LogP contribution in [0.25, 0.3) is 0 Å². The van der Waals surface area contributed by atoms with Crippen molar-refractivity contribution in [1.29, 1.82) is 0 Å². The molecule has 0 bridgehead atoms. The first kappa shape index (κ1) is 21.2. The second kappa shape index (κ2) is 9.72. The summed E-state index contributed by atoms with van der Waals surface area (Å²) in [6, 6.07) is 3.64. The predicted molar refractivity (Wildman–Crippen MR) is 99.3 cm³/mol. The Labute approximate surface area is 162 Å². The standard InChI is InChI=1S/C19H24N2O7/c1-3-27-17(24)13-8-14(18(25)28-4-2)10-15(9-13)20-19(26)21-7-5-6-12(11-21)16(22)23/h8-10,12H,3-7,11H2,1-2H3,(H,20,26)(H,22,23). The van der Waals surface area contributed by atoms with Crippen LogP contribution in [-0.2, 0) is 14.3 Å². The second-order valence-corrected chi connectivity index (χ2v) is 6.29. The summed E-state index contributed by atoms with van der Waals surface area (Å²) < 4.78 is 9.92. The van der Waals surface area contributed by atoms with E-state index in [-0.39, 0.29) is 36.6 Å². The summed E-state index contributed by atoms with van der Waals surface area (Å²) in [6.45, 7) is 4.17. The predicted octanol–water partition coefficient (Wildman–Crippen LogP) is 2.37. The van der Waals surface area contributed by atoms with Gasteiger partial charge in [0.15, 0.2) is 0 Å². The Hall–Kier alpha value is -3.10. The molecule has 28 heavy (non-hydrogen) atoms. The van der Waals surface area contributed by atoms with E-state index in [4.69, 9.17) is 14.6 Å². The molecule has 1 unspecified atom stereocenters. The highest BCUT2D eigenvalue weighted by Crippen LogP contribution is 2.20. The Bertz CT molecular complexity index is 726. The van der Waals surface area contributed by atoms with E-state index in [9.17, 15) is 19.2 Å². The normalized spacial score (nSPS) is 16.2. The number of carboxylic acid groups (broad SMARTS) is 1. The summed E-state index contributed by atoms with van der Waals surface area (Å²) in [7, 11) is 0. The summed E-state index contributed by atoms with van der Waals surface area (Å²) in [5.41, 5.74) is 0.422. The molecule has 0 aliphatic carbocycles. The molecule has 152 valence electrons. The van der Waals surface area contributed by atoms with Crippen molar-refractivity contribution < 1.29 is 33.8 Å². The molecule has 9 heteroatoms. The number of carbonyl (C=O) groups excluding carboxylic acids is 3. The van der Waals surface area contributed by atoms with Crippen LogP contribution < -0.4 is 5.32 Å². The highest BCUT2D eigenvalue weighted by atomic mass is 16.5. The number of rotatable bonds is 6. The number of nitrogens with one attached hydrogen (secondary N) is 1. The fourth-order valence-electron chi connectivity index (χ4n) is 2.93. The van der Waals surface area contributed by atoms with Gasteiger partial charge in [0.1, 0.15) is 0 Å². The van der Waals surface area contributed by atoms with Crippen LogP contribution in [-0.4, -0.2) is 60.2 Å². The molecule has 2 N–H and O–H groups in total. The minimum absolute atomic E-state index is 0.101. The molecule has 2 amide bonds. The van der Waals surface area contributed by atoms with Crippen molar-refractivity contribution in [3.8, 4) is 0 Å². The zero-order chi connectivity index (χ0) is 20.7. The number of piperidine rings is 1. The Balaban J connectivity index is 2.22. The lowest BCUT2D eigenvalue weighted by molar-refractivity contribution is -0.143. The molecule has 1 saturated heterocycles. The lowest BCUT2D eigenvalue weighted by Gasteiger charge is -2.30. The highest BCUT2D eigenvalue weighted by Gasteiger charge is 2.28. The van der Waals surface area contributed by atoms with E-state index in [1.807, 2.05) is 0 Å². The molecule has 1 aliphatic rings. The van der Waals surface area contributed by atoms with Gasteiger partial charge in [-0.3, -0.25) is 4.79 Å². The van der Waals surface area contributed by atoms with Crippen molar-refractivity contribution in [1.82, 2.24) is 4.90 Å². The molecule has 1 aliphatic heterocycles. The van der Waals surface area contributed by atoms with Gasteiger partial charge in [-0.05, 0) is 44.9 Å². The van der Waals surface area contributed by atoms with Crippen molar-refractivity contribution in [2.24, 2.45) is 5.92 Å². The summed E-state index contributed by atoms with van der Waals surface area (Å²) in [5.74, 6) is -2.81. The molecule has 1 atom stereocenters. The number of benzene rings is 1. The maximum Gasteiger partial charge on any atom is 0.338 e. The summed E-state index contributed by atoms with van der Waals surface area (Å²) in [4.78, 5) is 49.3. The van der Waals surface area contributed by atoms with Crippen LogP contribution in [0.4, 0.5) is 10.5 Å². The van der Waals surface area contributed by atoms with Gasteiger partial charge in [0, 0.05) is 18.8 Å².